The summed E-state index contributed by atoms with van der Waals surface area (Å²) in [5.74, 6) is 0.438. The standard InChI is InChI=1S/C10H9BrN4O/c11-8-4-13-6-15(10(8)16)5-7-2-1-3-9(12)14-7/h1-4,6H,5H2,(H2,12,14). The van der Waals surface area contributed by atoms with Crippen LogP contribution < -0.4 is 11.3 Å². The molecule has 0 aromatic carbocycles. The molecule has 0 aliphatic carbocycles. The van der Waals surface area contributed by atoms with Crippen molar-refractivity contribution in [3.63, 3.8) is 0 Å². The number of aromatic nitrogens is 3. The van der Waals surface area contributed by atoms with Gasteiger partial charge in [-0.3, -0.25) is 9.36 Å². The van der Waals surface area contributed by atoms with E-state index in [1.807, 2.05) is 6.07 Å². The van der Waals surface area contributed by atoms with Crippen molar-refractivity contribution in [2.75, 3.05) is 5.73 Å². The molecule has 2 N–H and O–H groups in total. The van der Waals surface area contributed by atoms with E-state index in [4.69, 9.17) is 5.73 Å². The molecule has 0 unspecified atom stereocenters. The van der Waals surface area contributed by atoms with Crippen molar-refractivity contribution in [3.05, 3.63) is 51.2 Å². The summed E-state index contributed by atoms with van der Waals surface area (Å²) in [5, 5.41) is 0. The highest BCUT2D eigenvalue weighted by atomic mass is 79.9. The zero-order valence-electron chi connectivity index (χ0n) is 8.30. The molecule has 0 amide bonds. The Kier molecular flexibility index (Phi) is 3.00. The molecule has 0 fully saturated rings. The van der Waals surface area contributed by atoms with E-state index in [0.717, 1.165) is 5.69 Å². The van der Waals surface area contributed by atoms with Crippen molar-refractivity contribution < 1.29 is 0 Å². The van der Waals surface area contributed by atoms with Gasteiger partial charge in [0.15, 0.2) is 0 Å². The average Bonchev–Trinajstić information content (AvgIpc) is 2.25. The third kappa shape index (κ3) is 2.27. The third-order valence-corrected chi connectivity index (χ3v) is 2.56. The van der Waals surface area contributed by atoms with Gasteiger partial charge in [-0.25, -0.2) is 9.97 Å². The maximum absolute atomic E-state index is 11.7. The third-order valence-electron chi connectivity index (χ3n) is 2.02. The van der Waals surface area contributed by atoms with Crippen LogP contribution in [-0.4, -0.2) is 14.5 Å². The van der Waals surface area contributed by atoms with E-state index >= 15 is 0 Å². The van der Waals surface area contributed by atoms with Crippen molar-refractivity contribution in [1.82, 2.24) is 14.5 Å². The average molecular weight is 281 g/mol. The normalized spacial score (nSPS) is 10.3. The molecular weight excluding hydrogens is 272 g/mol. The molecule has 0 saturated heterocycles. The minimum Gasteiger partial charge on any atom is -0.384 e. The Morgan fingerprint density at radius 2 is 2.25 bits per heavy atom. The number of rotatable bonds is 2. The molecule has 0 bridgehead atoms. The van der Waals surface area contributed by atoms with Crippen LogP contribution in [0.2, 0.25) is 0 Å². The predicted molar refractivity (Wildman–Crippen MR) is 63.9 cm³/mol. The Labute approximate surface area is 100 Å². The highest BCUT2D eigenvalue weighted by Crippen LogP contribution is 2.03. The van der Waals surface area contributed by atoms with E-state index in [2.05, 4.69) is 25.9 Å². The molecule has 2 heterocycles. The fourth-order valence-corrected chi connectivity index (χ4v) is 1.64. The first-order valence-electron chi connectivity index (χ1n) is 4.58. The molecule has 0 radical (unpaired) electrons. The summed E-state index contributed by atoms with van der Waals surface area (Å²) in [7, 11) is 0. The summed E-state index contributed by atoms with van der Waals surface area (Å²) < 4.78 is 1.89. The van der Waals surface area contributed by atoms with Crippen LogP contribution in [-0.2, 0) is 6.54 Å². The molecule has 6 heteroatoms. The highest BCUT2D eigenvalue weighted by Gasteiger charge is 2.02. The molecule has 16 heavy (non-hydrogen) atoms. The van der Waals surface area contributed by atoms with Crippen LogP contribution in [0, 0.1) is 0 Å². The van der Waals surface area contributed by atoms with Crippen molar-refractivity contribution >= 4 is 21.7 Å². The lowest BCUT2D eigenvalue weighted by atomic mass is 10.3. The molecule has 0 aliphatic heterocycles. The molecule has 2 aromatic heterocycles. The number of nitrogens with two attached hydrogens (primary N) is 1. The minimum absolute atomic E-state index is 0.140. The minimum atomic E-state index is -0.140. The van der Waals surface area contributed by atoms with E-state index < -0.39 is 0 Å². The van der Waals surface area contributed by atoms with Gasteiger partial charge in [0, 0.05) is 6.20 Å². The molecule has 82 valence electrons. The van der Waals surface area contributed by atoms with Crippen molar-refractivity contribution in [3.8, 4) is 0 Å². The molecule has 0 atom stereocenters. The lowest BCUT2D eigenvalue weighted by molar-refractivity contribution is 0.715. The molecule has 0 spiro atoms. The predicted octanol–water partition coefficient (Wildman–Crippen LogP) is 1.03. The zero-order chi connectivity index (χ0) is 11.5. The van der Waals surface area contributed by atoms with E-state index in [-0.39, 0.29) is 5.56 Å². The van der Waals surface area contributed by atoms with Gasteiger partial charge in [0.05, 0.1) is 18.6 Å². The van der Waals surface area contributed by atoms with Crippen LogP contribution in [0.3, 0.4) is 0 Å². The number of pyridine rings is 1. The maximum Gasteiger partial charge on any atom is 0.267 e. The summed E-state index contributed by atoms with van der Waals surface area (Å²) in [6.45, 7) is 0.357. The van der Waals surface area contributed by atoms with E-state index in [1.165, 1.54) is 17.1 Å². The number of nitrogens with zero attached hydrogens (tertiary/aromatic N) is 3. The van der Waals surface area contributed by atoms with Crippen LogP contribution in [0.1, 0.15) is 5.69 Å². The summed E-state index contributed by atoms with van der Waals surface area (Å²) in [4.78, 5) is 19.7. The van der Waals surface area contributed by atoms with Crippen molar-refractivity contribution in [2.45, 2.75) is 6.54 Å². The lowest BCUT2D eigenvalue weighted by Gasteiger charge is -2.04. The maximum atomic E-state index is 11.7. The topological polar surface area (TPSA) is 73.8 Å². The number of halogens is 1. The number of anilines is 1. The summed E-state index contributed by atoms with van der Waals surface area (Å²) in [5.41, 5.74) is 6.14. The van der Waals surface area contributed by atoms with Crippen LogP contribution in [0.15, 0.2) is 40.0 Å². The Morgan fingerprint density at radius 3 is 3.00 bits per heavy atom. The van der Waals surface area contributed by atoms with Crippen molar-refractivity contribution in [1.29, 1.82) is 0 Å². The molecular formula is C10H9BrN4O. The summed E-state index contributed by atoms with van der Waals surface area (Å²) in [6.07, 6.45) is 2.93. The Bertz CT molecular complexity index is 567. The van der Waals surface area contributed by atoms with Crippen molar-refractivity contribution in [2.24, 2.45) is 0 Å². The monoisotopic (exact) mass is 280 g/mol. The SMILES string of the molecule is Nc1cccc(Cn2cncc(Br)c2=O)n1. The molecule has 0 aliphatic rings. The largest absolute Gasteiger partial charge is 0.384 e. The van der Waals surface area contributed by atoms with Gasteiger partial charge in [-0.15, -0.1) is 0 Å². The molecule has 0 saturated carbocycles. The lowest BCUT2D eigenvalue weighted by Crippen LogP contribution is -2.21. The second-order valence-corrected chi connectivity index (χ2v) is 4.08. The number of hydrogen-bond acceptors (Lipinski definition) is 4. The van der Waals surface area contributed by atoms with Crippen LogP contribution in [0.5, 0.6) is 0 Å². The van der Waals surface area contributed by atoms with Gasteiger partial charge in [0.25, 0.3) is 5.56 Å². The van der Waals surface area contributed by atoms with E-state index in [1.54, 1.807) is 12.1 Å². The second kappa shape index (κ2) is 4.44. The molecule has 2 aromatic rings. The van der Waals surface area contributed by atoms with E-state index in [9.17, 15) is 4.79 Å². The van der Waals surface area contributed by atoms with E-state index in [0.29, 0.717) is 16.8 Å². The van der Waals surface area contributed by atoms with Gasteiger partial charge >= 0.3 is 0 Å². The van der Waals surface area contributed by atoms with Crippen LogP contribution in [0.4, 0.5) is 5.82 Å². The van der Waals surface area contributed by atoms with Crippen LogP contribution >= 0.6 is 15.9 Å². The van der Waals surface area contributed by atoms with Gasteiger partial charge in [0.1, 0.15) is 10.3 Å². The molecule has 2 rings (SSSR count). The Balaban J connectivity index is 2.34. The smallest absolute Gasteiger partial charge is 0.267 e. The first kappa shape index (κ1) is 10.8. The van der Waals surface area contributed by atoms with Gasteiger partial charge in [-0.05, 0) is 28.1 Å². The van der Waals surface area contributed by atoms with Gasteiger partial charge in [-0.1, -0.05) is 6.07 Å². The first-order valence-corrected chi connectivity index (χ1v) is 5.37. The summed E-state index contributed by atoms with van der Waals surface area (Å²) in [6, 6.07) is 5.31. The fourth-order valence-electron chi connectivity index (χ4n) is 1.30. The first-order chi connectivity index (χ1) is 7.66. The van der Waals surface area contributed by atoms with Gasteiger partial charge in [-0.2, -0.15) is 0 Å². The quantitative estimate of drug-likeness (QED) is 0.892. The molecule has 5 nitrogen and oxygen atoms in total. The Morgan fingerprint density at radius 1 is 1.44 bits per heavy atom. The second-order valence-electron chi connectivity index (χ2n) is 3.23. The van der Waals surface area contributed by atoms with Crippen LogP contribution in [0.25, 0.3) is 0 Å². The van der Waals surface area contributed by atoms with Gasteiger partial charge in [0.2, 0.25) is 0 Å². The highest BCUT2D eigenvalue weighted by molar-refractivity contribution is 9.10. The van der Waals surface area contributed by atoms with Gasteiger partial charge < -0.3 is 5.73 Å². The fraction of sp³-hybridized carbons (Fsp3) is 0.100. The number of nitrogen functional groups attached to an aromatic ring is 1. The number of hydrogen-bond donors (Lipinski definition) is 1. The zero-order valence-corrected chi connectivity index (χ0v) is 9.89. The Hall–Kier alpha value is -1.69. The summed E-state index contributed by atoms with van der Waals surface area (Å²) >= 11 is 3.13.